The second kappa shape index (κ2) is 6.42. The van der Waals surface area contributed by atoms with Gasteiger partial charge in [-0.3, -0.25) is 4.79 Å². The molecule has 0 bridgehead atoms. The fraction of sp³-hybridized carbons (Fsp3) is 0.909. The minimum atomic E-state index is -0.138. The van der Waals surface area contributed by atoms with Crippen molar-refractivity contribution in [3.8, 4) is 0 Å². The SMILES string of the molecule is COC(CN)CC(=O)N1CCC(C)(C)C1.Cl. The number of halogens is 1. The van der Waals surface area contributed by atoms with Crippen molar-refractivity contribution in [2.45, 2.75) is 32.8 Å². The molecule has 4 nitrogen and oxygen atoms in total. The Hall–Kier alpha value is -0.320. The van der Waals surface area contributed by atoms with Crippen LogP contribution in [0, 0.1) is 5.41 Å². The van der Waals surface area contributed by atoms with Crippen molar-refractivity contribution in [1.29, 1.82) is 0 Å². The molecule has 1 rings (SSSR count). The lowest BCUT2D eigenvalue weighted by atomic mass is 9.93. The predicted molar refractivity (Wildman–Crippen MR) is 66.7 cm³/mol. The molecule has 1 aliphatic rings. The molecule has 0 radical (unpaired) electrons. The topological polar surface area (TPSA) is 55.6 Å². The van der Waals surface area contributed by atoms with Crippen LogP contribution in [-0.2, 0) is 9.53 Å². The molecule has 1 atom stereocenters. The van der Waals surface area contributed by atoms with Crippen LogP contribution in [-0.4, -0.2) is 43.7 Å². The van der Waals surface area contributed by atoms with Gasteiger partial charge in [0, 0.05) is 26.7 Å². The molecule has 1 fully saturated rings. The largest absolute Gasteiger partial charge is 0.380 e. The number of rotatable bonds is 4. The molecule has 1 aliphatic heterocycles. The number of nitrogens with zero attached hydrogens (tertiary/aromatic N) is 1. The molecular weight excluding hydrogens is 228 g/mol. The van der Waals surface area contributed by atoms with E-state index >= 15 is 0 Å². The van der Waals surface area contributed by atoms with Crippen LogP contribution in [0.2, 0.25) is 0 Å². The predicted octanol–water partition coefficient (Wildman–Crippen LogP) is 1.03. The number of carbonyl (C=O) groups excluding carboxylic acids is 1. The van der Waals surface area contributed by atoms with Gasteiger partial charge in [0.25, 0.3) is 0 Å². The van der Waals surface area contributed by atoms with Crippen LogP contribution in [0.1, 0.15) is 26.7 Å². The number of likely N-dealkylation sites (tertiary alicyclic amines) is 1. The van der Waals surface area contributed by atoms with Gasteiger partial charge < -0.3 is 15.4 Å². The number of nitrogens with two attached hydrogens (primary N) is 1. The zero-order valence-electron chi connectivity index (χ0n) is 10.4. The normalized spacial score (nSPS) is 20.4. The Morgan fingerprint density at radius 1 is 1.56 bits per heavy atom. The lowest BCUT2D eigenvalue weighted by Crippen LogP contribution is -2.35. The summed E-state index contributed by atoms with van der Waals surface area (Å²) in [7, 11) is 1.60. The summed E-state index contributed by atoms with van der Waals surface area (Å²) in [5.41, 5.74) is 5.75. The minimum Gasteiger partial charge on any atom is -0.380 e. The van der Waals surface area contributed by atoms with E-state index in [-0.39, 0.29) is 29.8 Å². The molecule has 1 heterocycles. The highest BCUT2D eigenvalue weighted by molar-refractivity contribution is 5.85. The van der Waals surface area contributed by atoms with Gasteiger partial charge in [-0.05, 0) is 11.8 Å². The van der Waals surface area contributed by atoms with E-state index in [1.807, 2.05) is 4.90 Å². The number of methoxy groups -OCH3 is 1. The summed E-state index contributed by atoms with van der Waals surface area (Å²) in [5, 5.41) is 0. The number of amides is 1. The molecule has 16 heavy (non-hydrogen) atoms. The van der Waals surface area contributed by atoms with Crippen LogP contribution in [0.25, 0.3) is 0 Å². The summed E-state index contributed by atoms with van der Waals surface area (Å²) in [6, 6.07) is 0. The van der Waals surface area contributed by atoms with Gasteiger partial charge in [-0.1, -0.05) is 13.8 Å². The van der Waals surface area contributed by atoms with Crippen LogP contribution >= 0.6 is 12.4 Å². The summed E-state index contributed by atoms with van der Waals surface area (Å²) >= 11 is 0. The molecule has 5 heteroatoms. The van der Waals surface area contributed by atoms with Gasteiger partial charge in [-0.15, -0.1) is 12.4 Å². The molecule has 0 aromatic rings. The minimum absolute atomic E-state index is 0. The molecular formula is C11H23ClN2O2. The van der Waals surface area contributed by atoms with Crippen molar-refractivity contribution >= 4 is 18.3 Å². The first kappa shape index (κ1) is 15.7. The van der Waals surface area contributed by atoms with E-state index in [0.29, 0.717) is 13.0 Å². The van der Waals surface area contributed by atoms with E-state index in [1.165, 1.54) is 0 Å². The lowest BCUT2D eigenvalue weighted by Gasteiger charge is -2.21. The zero-order chi connectivity index (χ0) is 11.5. The molecule has 0 aliphatic carbocycles. The molecule has 0 spiro atoms. The van der Waals surface area contributed by atoms with Crippen molar-refractivity contribution in [2.75, 3.05) is 26.7 Å². The number of hydrogen-bond acceptors (Lipinski definition) is 3. The standard InChI is InChI=1S/C11H22N2O2.ClH/c1-11(2)4-5-13(8-11)10(14)6-9(7-12)15-3;/h9H,4-8,12H2,1-3H3;1H. The Bertz CT molecular complexity index is 230. The number of ether oxygens (including phenoxy) is 1. The van der Waals surface area contributed by atoms with Crippen molar-refractivity contribution in [1.82, 2.24) is 4.90 Å². The Kier molecular flexibility index (Phi) is 6.30. The van der Waals surface area contributed by atoms with Crippen LogP contribution < -0.4 is 5.73 Å². The van der Waals surface area contributed by atoms with E-state index in [4.69, 9.17) is 10.5 Å². The first-order chi connectivity index (χ1) is 6.98. The van der Waals surface area contributed by atoms with Crippen molar-refractivity contribution in [2.24, 2.45) is 11.1 Å². The third-order valence-corrected chi connectivity index (χ3v) is 3.03. The Balaban J connectivity index is 0.00000225. The van der Waals surface area contributed by atoms with Gasteiger partial charge >= 0.3 is 0 Å². The fourth-order valence-electron chi connectivity index (χ4n) is 1.91. The van der Waals surface area contributed by atoms with Crippen molar-refractivity contribution in [3.63, 3.8) is 0 Å². The van der Waals surface area contributed by atoms with E-state index in [2.05, 4.69) is 13.8 Å². The van der Waals surface area contributed by atoms with Crippen LogP contribution in [0.4, 0.5) is 0 Å². The third-order valence-electron chi connectivity index (χ3n) is 3.03. The summed E-state index contributed by atoms with van der Waals surface area (Å²) in [5.74, 6) is 0.165. The molecule has 1 saturated heterocycles. The van der Waals surface area contributed by atoms with Crippen LogP contribution in [0.3, 0.4) is 0 Å². The molecule has 1 unspecified atom stereocenters. The van der Waals surface area contributed by atoms with Gasteiger partial charge in [-0.2, -0.15) is 0 Å². The second-order valence-electron chi connectivity index (χ2n) is 5.03. The number of hydrogen-bond donors (Lipinski definition) is 1. The van der Waals surface area contributed by atoms with Crippen molar-refractivity contribution in [3.05, 3.63) is 0 Å². The molecule has 0 aromatic heterocycles. The van der Waals surface area contributed by atoms with Crippen LogP contribution in [0.5, 0.6) is 0 Å². The highest BCUT2D eigenvalue weighted by Gasteiger charge is 2.32. The second-order valence-corrected chi connectivity index (χ2v) is 5.03. The summed E-state index contributed by atoms with van der Waals surface area (Å²) in [6.07, 6.45) is 1.35. The fourth-order valence-corrected chi connectivity index (χ4v) is 1.91. The Morgan fingerprint density at radius 2 is 2.19 bits per heavy atom. The Labute approximate surface area is 104 Å². The molecule has 0 aromatic carbocycles. The smallest absolute Gasteiger partial charge is 0.225 e. The average Bonchev–Trinajstić information content (AvgIpc) is 2.55. The van der Waals surface area contributed by atoms with Gasteiger partial charge in [0.2, 0.25) is 5.91 Å². The van der Waals surface area contributed by atoms with Gasteiger partial charge in [-0.25, -0.2) is 0 Å². The summed E-state index contributed by atoms with van der Waals surface area (Å²) in [4.78, 5) is 13.8. The Morgan fingerprint density at radius 3 is 2.56 bits per heavy atom. The molecule has 0 saturated carbocycles. The summed E-state index contributed by atoms with van der Waals surface area (Å²) < 4.78 is 5.11. The first-order valence-electron chi connectivity index (χ1n) is 5.49. The lowest BCUT2D eigenvalue weighted by molar-refractivity contribution is -0.132. The van der Waals surface area contributed by atoms with Gasteiger partial charge in [0.15, 0.2) is 0 Å². The first-order valence-corrected chi connectivity index (χ1v) is 5.49. The van der Waals surface area contributed by atoms with Gasteiger partial charge in [0.1, 0.15) is 0 Å². The van der Waals surface area contributed by atoms with E-state index < -0.39 is 0 Å². The van der Waals surface area contributed by atoms with E-state index in [0.717, 1.165) is 19.5 Å². The van der Waals surface area contributed by atoms with Gasteiger partial charge in [0.05, 0.1) is 12.5 Å². The van der Waals surface area contributed by atoms with E-state index in [1.54, 1.807) is 7.11 Å². The molecule has 2 N–H and O–H groups in total. The molecule has 96 valence electrons. The summed E-state index contributed by atoms with van der Waals surface area (Å²) in [6.45, 7) is 6.51. The number of carbonyl (C=O) groups is 1. The van der Waals surface area contributed by atoms with Crippen LogP contribution in [0.15, 0.2) is 0 Å². The third kappa shape index (κ3) is 4.28. The maximum Gasteiger partial charge on any atom is 0.225 e. The maximum absolute atomic E-state index is 11.9. The highest BCUT2D eigenvalue weighted by Crippen LogP contribution is 2.29. The average molecular weight is 251 g/mol. The van der Waals surface area contributed by atoms with E-state index in [9.17, 15) is 4.79 Å². The quantitative estimate of drug-likeness (QED) is 0.811. The highest BCUT2D eigenvalue weighted by atomic mass is 35.5. The molecule has 1 amide bonds. The zero-order valence-corrected chi connectivity index (χ0v) is 11.2. The monoisotopic (exact) mass is 250 g/mol. The maximum atomic E-state index is 11.9. The van der Waals surface area contributed by atoms with Crippen molar-refractivity contribution < 1.29 is 9.53 Å².